The molecule has 0 radical (unpaired) electrons. The average molecular weight is 363 g/mol. The molecule has 0 unspecified atom stereocenters. The van der Waals surface area contributed by atoms with Gasteiger partial charge in [-0.3, -0.25) is 4.79 Å². The molecule has 0 bridgehead atoms. The van der Waals surface area contributed by atoms with Crippen LogP contribution < -0.4 is 15.4 Å². The first kappa shape index (κ1) is 19.0. The van der Waals surface area contributed by atoms with Crippen molar-refractivity contribution in [1.29, 1.82) is 0 Å². The van der Waals surface area contributed by atoms with Crippen LogP contribution in [0.25, 0.3) is 0 Å². The number of carbonyl (C=O) groups is 1. The van der Waals surface area contributed by atoms with E-state index in [2.05, 4.69) is 27.5 Å². The zero-order valence-corrected chi connectivity index (χ0v) is 15.7. The molecule has 0 saturated heterocycles. The molecule has 0 spiro atoms. The quantitative estimate of drug-likeness (QED) is 0.721. The molecule has 0 aliphatic rings. The second-order valence-electron chi connectivity index (χ2n) is 5.72. The Labute approximate surface area is 153 Å². The number of amides is 1. The first-order valence-electron chi connectivity index (χ1n) is 8.19. The molecule has 0 fully saturated rings. The second-order valence-corrected chi connectivity index (χ2v) is 6.13. The minimum absolute atomic E-state index is 0.293. The maximum Gasteiger partial charge on any atom is 0.274 e. The van der Waals surface area contributed by atoms with Gasteiger partial charge in [-0.2, -0.15) is 0 Å². The number of carbonyl (C=O) groups excluding carboxylic acids is 1. The van der Waals surface area contributed by atoms with E-state index in [1.54, 1.807) is 25.1 Å². The number of ether oxygens (including phenoxy) is 1. The number of unbranched alkanes of at least 4 members (excludes halogenated alkanes) is 1. The van der Waals surface area contributed by atoms with Crippen LogP contribution in [0.4, 0.5) is 11.5 Å². The SMILES string of the molecule is CCCCNc1cc(C(=O)Nc2cc(C)c(Cl)cc2OC)nc(C)n1. The van der Waals surface area contributed by atoms with Crippen LogP contribution in [-0.4, -0.2) is 29.5 Å². The number of aromatic nitrogens is 2. The summed E-state index contributed by atoms with van der Waals surface area (Å²) in [4.78, 5) is 21.1. The summed E-state index contributed by atoms with van der Waals surface area (Å²) < 4.78 is 5.29. The number of nitrogens with one attached hydrogen (secondary N) is 2. The molecule has 1 aromatic carbocycles. The van der Waals surface area contributed by atoms with Gasteiger partial charge >= 0.3 is 0 Å². The highest BCUT2D eigenvalue weighted by Gasteiger charge is 2.14. The lowest BCUT2D eigenvalue weighted by Crippen LogP contribution is -2.16. The number of aryl methyl sites for hydroxylation is 2. The lowest BCUT2D eigenvalue weighted by Gasteiger charge is -2.13. The van der Waals surface area contributed by atoms with Gasteiger partial charge in [-0.15, -0.1) is 0 Å². The van der Waals surface area contributed by atoms with E-state index in [1.165, 1.54) is 7.11 Å². The number of anilines is 2. The largest absolute Gasteiger partial charge is 0.495 e. The lowest BCUT2D eigenvalue weighted by molar-refractivity contribution is 0.102. The minimum Gasteiger partial charge on any atom is -0.495 e. The van der Waals surface area contributed by atoms with Gasteiger partial charge in [0.1, 0.15) is 23.1 Å². The highest BCUT2D eigenvalue weighted by atomic mass is 35.5. The van der Waals surface area contributed by atoms with E-state index in [0.717, 1.165) is 24.9 Å². The van der Waals surface area contributed by atoms with Crippen LogP contribution in [-0.2, 0) is 0 Å². The summed E-state index contributed by atoms with van der Waals surface area (Å²) in [5.74, 6) is 1.34. The molecular formula is C18H23ClN4O2. The predicted octanol–water partition coefficient (Wildman–Crippen LogP) is 4.22. The van der Waals surface area contributed by atoms with Gasteiger partial charge in [0, 0.05) is 23.7 Å². The van der Waals surface area contributed by atoms with Gasteiger partial charge in [0.05, 0.1) is 12.8 Å². The Morgan fingerprint density at radius 3 is 2.68 bits per heavy atom. The first-order chi connectivity index (χ1) is 11.9. The van der Waals surface area contributed by atoms with E-state index < -0.39 is 0 Å². The van der Waals surface area contributed by atoms with E-state index in [4.69, 9.17) is 16.3 Å². The van der Waals surface area contributed by atoms with Crippen LogP contribution in [0.3, 0.4) is 0 Å². The molecule has 2 aromatic rings. The molecule has 7 heteroatoms. The first-order valence-corrected chi connectivity index (χ1v) is 8.57. The van der Waals surface area contributed by atoms with Crippen molar-refractivity contribution in [2.45, 2.75) is 33.6 Å². The van der Waals surface area contributed by atoms with Crippen molar-refractivity contribution in [2.24, 2.45) is 0 Å². The third-order valence-corrected chi connectivity index (χ3v) is 4.04. The number of benzene rings is 1. The van der Waals surface area contributed by atoms with E-state index in [9.17, 15) is 4.79 Å². The van der Waals surface area contributed by atoms with Crippen molar-refractivity contribution < 1.29 is 9.53 Å². The van der Waals surface area contributed by atoms with Crippen molar-refractivity contribution in [1.82, 2.24) is 9.97 Å². The Morgan fingerprint density at radius 2 is 2.00 bits per heavy atom. The Bertz CT molecular complexity index is 765. The monoisotopic (exact) mass is 362 g/mol. The highest BCUT2D eigenvalue weighted by Crippen LogP contribution is 2.31. The number of rotatable bonds is 7. The Morgan fingerprint density at radius 1 is 1.24 bits per heavy atom. The van der Waals surface area contributed by atoms with Gasteiger partial charge in [-0.1, -0.05) is 24.9 Å². The smallest absolute Gasteiger partial charge is 0.274 e. The van der Waals surface area contributed by atoms with Gasteiger partial charge in [0.25, 0.3) is 5.91 Å². The third kappa shape index (κ3) is 5.06. The Kier molecular flexibility index (Phi) is 6.58. The molecule has 1 amide bonds. The zero-order valence-electron chi connectivity index (χ0n) is 14.9. The molecule has 2 N–H and O–H groups in total. The van der Waals surface area contributed by atoms with Crippen LogP contribution in [0.5, 0.6) is 5.75 Å². The van der Waals surface area contributed by atoms with Gasteiger partial charge in [0.2, 0.25) is 0 Å². The van der Waals surface area contributed by atoms with Crippen molar-refractivity contribution in [3.63, 3.8) is 0 Å². The van der Waals surface area contributed by atoms with Crippen molar-refractivity contribution in [3.8, 4) is 5.75 Å². The topological polar surface area (TPSA) is 76.1 Å². The van der Waals surface area contributed by atoms with E-state index in [0.29, 0.717) is 33.8 Å². The molecule has 1 heterocycles. The number of methoxy groups -OCH3 is 1. The summed E-state index contributed by atoms with van der Waals surface area (Å²) in [7, 11) is 1.53. The van der Waals surface area contributed by atoms with Gasteiger partial charge < -0.3 is 15.4 Å². The summed E-state index contributed by atoms with van der Waals surface area (Å²) in [6.07, 6.45) is 2.12. The molecule has 0 saturated carbocycles. The van der Waals surface area contributed by atoms with Crippen LogP contribution >= 0.6 is 11.6 Å². The number of nitrogens with zero attached hydrogens (tertiary/aromatic N) is 2. The standard InChI is InChI=1S/C18H23ClN4O2/c1-5-6-7-20-17-10-15(21-12(3)22-17)18(24)23-14-8-11(2)13(19)9-16(14)25-4/h8-10H,5-7H2,1-4H3,(H,23,24)(H,20,21,22). The Balaban J connectivity index is 2.22. The van der Waals surface area contributed by atoms with Gasteiger partial charge in [-0.05, 0) is 31.9 Å². The maximum absolute atomic E-state index is 12.6. The number of hydrogen-bond acceptors (Lipinski definition) is 5. The lowest BCUT2D eigenvalue weighted by atomic mass is 10.2. The van der Waals surface area contributed by atoms with Crippen LogP contribution in [0.15, 0.2) is 18.2 Å². The Hall–Kier alpha value is -2.34. The summed E-state index contributed by atoms with van der Waals surface area (Å²) in [6.45, 7) is 6.54. The fraction of sp³-hybridized carbons (Fsp3) is 0.389. The molecule has 25 heavy (non-hydrogen) atoms. The summed E-state index contributed by atoms with van der Waals surface area (Å²) in [5, 5.41) is 6.62. The fourth-order valence-electron chi connectivity index (χ4n) is 2.28. The van der Waals surface area contributed by atoms with Crippen LogP contribution in [0, 0.1) is 13.8 Å². The summed E-state index contributed by atoms with van der Waals surface area (Å²) in [6, 6.07) is 5.09. The fourth-order valence-corrected chi connectivity index (χ4v) is 2.44. The third-order valence-electron chi connectivity index (χ3n) is 3.64. The van der Waals surface area contributed by atoms with Gasteiger partial charge in [0.15, 0.2) is 0 Å². The number of hydrogen-bond donors (Lipinski definition) is 2. The molecule has 0 aliphatic carbocycles. The molecule has 0 aliphatic heterocycles. The normalized spacial score (nSPS) is 10.4. The average Bonchev–Trinajstić information content (AvgIpc) is 2.57. The molecule has 0 atom stereocenters. The molecule has 6 nitrogen and oxygen atoms in total. The maximum atomic E-state index is 12.6. The van der Waals surface area contributed by atoms with Crippen LogP contribution in [0.1, 0.15) is 41.6 Å². The van der Waals surface area contributed by atoms with E-state index >= 15 is 0 Å². The van der Waals surface area contributed by atoms with E-state index in [1.807, 2.05) is 6.92 Å². The second kappa shape index (κ2) is 8.67. The molecule has 2 rings (SSSR count). The van der Waals surface area contributed by atoms with Crippen molar-refractivity contribution in [3.05, 3.63) is 40.3 Å². The highest BCUT2D eigenvalue weighted by molar-refractivity contribution is 6.31. The summed E-state index contributed by atoms with van der Waals surface area (Å²) in [5.41, 5.74) is 1.69. The van der Waals surface area contributed by atoms with Crippen molar-refractivity contribution in [2.75, 3.05) is 24.3 Å². The van der Waals surface area contributed by atoms with Crippen LogP contribution in [0.2, 0.25) is 5.02 Å². The molecular weight excluding hydrogens is 340 g/mol. The molecule has 1 aromatic heterocycles. The predicted molar refractivity (Wildman–Crippen MR) is 101 cm³/mol. The number of halogens is 1. The van der Waals surface area contributed by atoms with Gasteiger partial charge in [-0.25, -0.2) is 9.97 Å². The zero-order chi connectivity index (χ0) is 18.4. The van der Waals surface area contributed by atoms with E-state index in [-0.39, 0.29) is 5.91 Å². The summed E-state index contributed by atoms with van der Waals surface area (Å²) >= 11 is 6.10. The van der Waals surface area contributed by atoms with Crippen molar-refractivity contribution >= 4 is 29.0 Å². The molecule has 134 valence electrons. The minimum atomic E-state index is -0.330.